The Kier molecular flexibility index (Phi) is 6.85. The van der Waals surface area contributed by atoms with Crippen molar-refractivity contribution >= 4 is 34.5 Å². The normalized spacial score (nSPS) is 13.3. The summed E-state index contributed by atoms with van der Waals surface area (Å²) >= 11 is 12.2. The number of aromatic nitrogens is 3. The number of rotatable bonds is 7. The predicted molar refractivity (Wildman–Crippen MR) is 147 cm³/mol. The topological polar surface area (TPSA) is 43.5 Å². The zero-order valence-electron chi connectivity index (χ0n) is 20.5. The first kappa shape index (κ1) is 23.9. The summed E-state index contributed by atoms with van der Waals surface area (Å²) in [5.41, 5.74) is 6.98. The number of benzene rings is 2. The Morgan fingerprint density at radius 1 is 1.11 bits per heavy atom. The van der Waals surface area contributed by atoms with Gasteiger partial charge in [0.1, 0.15) is 27.9 Å². The molecule has 0 aliphatic carbocycles. The molecule has 5 nitrogen and oxygen atoms in total. The summed E-state index contributed by atoms with van der Waals surface area (Å²) in [5.74, 6) is 2.41. The van der Waals surface area contributed by atoms with Gasteiger partial charge in [0, 0.05) is 35.7 Å². The van der Waals surface area contributed by atoms with E-state index in [1.165, 1.54) is 22.3 Å². The third-order valence-electron chi connectivity index (χ3n) is 6.60. The molecule has 0 unspecified atom stereocenters. The second kappa shape index (κ2) is 10.0. The first-order valence-corrected chi connectivity index (χ1v) is 13.0. The van der Waals surface area contributed by atoms with E-state index in [-0.39, 0.29) is 0 Å². The standard InChI is InChI=1S/C28H31ClN4OS/c1-18(2)17-30-27(35)26-25(20-9-11-21(29)12-10-20)23-6-4-5-15-32-24(31-33(26)28(23)32)16-19-7-13-22(34-3)14-8-19/h7-14,18H,4-6,15-17H2,1-3H3,(H,30,35). The van der Waals surface area contributed by atoms with E-state index in [2.05, 4.69) is 52.5 Å². The average Bonchev–Trinajstić information content (AvgIpc) is 3.24. The lowest BCUT2D eigenvalue weighted by Gasteiger charge is -2.13. The maximum Gasteiger partial charge on any atom is 0.140 e. The number of nitrogens with one attached hydrogen (secondary N) is 1. The Hall–Kier alpha value is -2.83. The van der Waals surface area contributed by atoms with Crippen molar-refractivity contribution in [2.75, 3.05) is 13.7 Å². The highest BCUT2D eigenvalue weighted by atomic mass is 35.5. The minimum atomic E-state index is 0.490. The minimum Gasteiger partial charge on any atom is -0.497 e. The Balaban J connectivity index is 1.68. The van der Waals surface area contributed by atoms with Crippen molar-refractivity contribution in [3.8, 4) is 16.9 Å². The van der Waals surface area contributed by atoms with Crippen molar-refractivity contribution < 1.29 is 4.74 Å². The quantitative estimate of drug-likeness (QED) is 0.298. The molecule has 0 fully saturated rings. The monoisotopic (exact) mass is 506 g/mol. The number of hydrogen-bond donors (Lipinski definition) is 1. The summed E-state index contributed by atoms with van der Waals surface area (Å²) in [4.78, 5) is 0.742. The van der Waals surface area contributed by atoms with Gasteiger partial charge in [0.2, 0.25) is 0 Å². The van der Waals surface area contributed by atoms with Gasteiger partial charge in [0.15, 0.2) is 0 Å². The van der Waals surface area contributed by atoms with Crippen LogP contribution in [-0.4, -0.2) is 32.8 Å². The molecule has 4 aromatic rings. The van der Waals surface area contributed by atoms with Crippen LogP contribution in [0.5, 0.6) is 5.75 Å². The maximum absolute atomic E-state index is 6.23. The second-order valence-corrected chi connectivity index (χ2v) is 10.4. The number of aryl methyl sites for hydroxylation is 2. The Bertz CT molecular complexity index is 1350. The largest absolute Gasteiger partial charge is 0.497 e. The van der Waals surface area contributed by atoms with Gasteiger partial charge in [0.05, 0.1) is 7.11 Å². The molecule has 1 N–H and O–H groups in total. The van der Waals surface area contributed by atoms with Crippen molar-refractivity contribution in [1.29, 1.82) is 0 Å². The predicted octanol–water partition coefficient (Wildman–Crippen LogP) is 6.31. The number of nitrogens with zero attached hydrogens (tertiary/aromatic N) is 3. The fourth-order valence-electron chi connectivity index (χ4n) is 4.88. The van der Waals surface area contributed by atoms with Crippen LogP contribution in [0.3, 0.4) is 0 Å². The van der Waals surface area contributed by atoms with Crippen LogP contribution < -0.4 is 10.1 Å². The SMILES string of the molecule is COc1ccc(Cc2nn3c(C(=S)NCC(C)C)c(-c4ccc(Cl)cc4)c4c3n2CCCC4)cc1. The molecule has 0 saturated carbocycles. The summed E-state index contributed by atoms with van der Waals surface area (Å²) in [5, 5.41) is 9.40. The molecule has 0 amide bonds. The van der Waals surface area contributed by atoms with Gasteiger partial charge in [-0.1, -0.05) is 61.9 Å². The molecule has 5 rings (SSSR count). The van der Waals surface area contributed by atoms with Crippen LogP contribution in [0.4, 0.5) is 0 Å². The third kappa shape index (κ3) is 4.69. The first-order chi connectivity index (χ1) is 17.0. The molecular formula is C28H31ClN4OS. The molecule has 0 bridgehead atoms. The molecule has 1 aliphatic rings. The van der Waals surface area contributed by atoms with Crippen molar-refractivity contribution in [3.63, 3.8) is 0 Å². The van der Waals surface area contributed by atoms with Gasteiger partial charge in [0.25, 0.3) is 0 Å². The number of methoxy groups -OCH3 is 1. The third-order valence-corrected chi connectivity index (χ3v) is 7.19. The molecule has 2 aromatic carbocycles. The highest BCUT2D eigenvalue weighted by Gasteiger charge is 2.29. The highest BCUT2D eigenvalue weighted by Crippen LogP contribution is 2.37. The molecule has 182 valence electrons. The maximum atomic E-state index is 6.23. The summed E-state index contributed by atoms with van der Waals surface area (Å²) < 4.78 is 9.83. The van der Waals surface area contributed by atoms with Gasteiger partial charge >= 0.3 is 0 Å². The molecule has 1 aliphatic heterocycles. The molecule has 0 atom stereocenters. The van der Waals surface area contributed by atoms with Crippen molar-refractivity contribution in [3.05, 3.63) is 76.2 Å². The van der Waals surface area contributed by atoms with Crippen LogP contribution >= 0.6 is 23.8 Å². The van der Waals surface area contributed by atoms with E-state index in [0.29, 0.717) is 5.92 Å². The van der Waals surface area contributed by atoms with Gasteiger partial charge in [-0.2, -0.15) is 5.10 Å². The summed E-state index contributed by atoms with van der Waals surface area (Å²) in [7, 11) is 1.69. The number of ether oxygens (including phenoxy) is 1. The molecule has 0 saturated heterocycles. The number of hydrogen-bond acceptors (Lipinski definition) is 3. The highest BCUT2D eigenvalue weighted by molar-refractivity contribution is 7.80. The van der Waals surface area contributed by atoms with E-state index in [9.17, 15) is 0 Å². The lowest BCUT2D eigenvalue weighted by atomic mass is 9.98. The molecule has 3 heterocycles. The van der Waals surface area contributed by atoms with Crippen LogP contribution in [0.25, 0.3) is 16.8 Å². The van der Waals surface area contributed by atoms with Crippen molar-refractivity contribution in [2.45, 2.75) is 46.1 Å². The lowest BCUT2D eigenvalue weighted by molar-refractivity contribution is 0.414. The lowest BCUT2D eigenvalue weighted by Crippen LogP contribution is -2.28. The van der Waals surface area contributed by atoms with E-state index in [1.54, 1.807) is 7.11 Å². The minimum absolute atomic E-state index is 0.490. The summed E-state index contributed by atoms with van der Waals surface area (Å²) in [6.07, 6.45) is 4.02. The number of halogens is 1. The molecular weight excluding hydrogens is 476 g/mol. The Morgan fingerprint density at radius 3 is 2.54 bits per heavy atom. The van der Waals surface area contributed by atoms with Gasteiger partial charge in [-0.25, -0.2) is 4.52 Å². The fraction of sp³-hybridized carbons (Fsp3) is 0.357. The molecule has 7 heteroatoms. The van der Waals surface area contributed by atoms with E-state index in [1.807, 2.05) is 24.3 Å². The van der Waals surface area contributed by atoms with E-state index in [0.717, 1.165) is 71.6 Å². The van der Waals surface area contributed by atoms with Gasteiger partial charge < -0.3 is 14.6 Å². The van der Waals surface area contributed by atoms with Crippen LogP contribution in [0.1, 0.15) is 49.3 Å². The molecule has 2 aromatic heterocycles. The van der Waals surface area contributed by atoms with Gasteiger partial charge in [-0.3, -0.25) is 0 Å². The van der Waals surface area contributed by atoms with Crippen LogP contribution in [0, 0.1) is 5.92 Å². The first-order valence-electron chi connectivity index (χ1n) is 12.3. The zero-order chi connectivity index (χ0) is 24.5. The van der Waals surface area contributed by atoms with Gasteiger partial charge in [-0.15, -0.1) is 0 Å². The summed E-state index contributed by atoms with van der Waals surface area (Å²) in [6, 6.07) is 16.3. The van der Waals surface area contributed by atoms with E-state index < -0.39 is 0 Å². The zero-order valence-corrected chi connectivity index (χ0v) is 22.0. The van der Waals surface area contributed by atoms with Gasteiger partial charge in [-0.05, 0) is 60.6 Å². The van der Waals surface area contributed by atoms with Crippen molar-refractivity contribution in [2.24, 2.45) is 5.92 Å². The van der Waals surface area contributed by atoms with Crippen molar-refractivity contribution in [1.82, 2.24) is 19.5 Å². The molecule has 35 heavy (non-hydrogen) atoms. The average molecular weight is 507 g/mol. The Morgan fingerprint density at radius 2 is 1.86 bits per heavy atom. The summed E-state index contributed by atoms with van der Waals surface area (Å²) in [6.45, 7) is 6.16. The van der Waals surface area contributed by atoms with E-state index >= 15 is 0 Å². The number of thiocarbonyl (C=S) groups is 1. The van der Waals surface area contributed by atoms with Crippen LogP contribution in [-0.2, 0) is 19.4 Å². The van der Waals surface area contributed by atoms with Crippen LogP contribution in [0.2, 0.25) is 5.02 Å². The Labute approximate surface area is 217 Å². The second-order valence-electron chi connectivity index (χ2n) is 9.60. The van der Waals surface area contributed by atoms with Crippen LogP contribution in [0.15, 0.2) is 48.5 Å². The fourth-order valence-corrected chi connectivity index (χ4v) is 5.28. The molecule has 0 radical (unpaired) electrons. The van der Waals surface area contributed by atoms with E-state index in [4.69, 9.17) is 33.7 Å². The smallest absolute Gasteiger partial charge is 0.140 e. The molecule has 0 spiro atoms.